The van der Waals surface area contributed by atoms with Crippen molar-refractivity contribution >= 4 is 11.7 Å². The van der Waals surface area contributed by atoms with E-state index in [1.165, 1.54) is 24.8 Å². The maximum atomic E-state index is 10.7. The molecule has 1 N–H and O–H groups in total. The smallest absolute Gasteiger partial charge is 0.305 e. The summed E-state index contributed by atoms with van der Waals surface area (Å²) in [5.74, 6) is -0.731. The molecule has 19 heavy (non-hydrogen) atoms. The highest BCUT2D eigenvalue weighted by Gasteiger charge is 2.08. The third-order valence-electron chi connectivity index (χ3n) is 3.28. The van der Waals surface area contributed by atoms with E-state index in [0.717, 1.165) is 18.7 Å². The molecular formula is C16H25NO2. The molecule has 0 radical (unpaired) electrons. The summed E-state index contributed by atoms with van der Waals surface area (Å²) in [7, 11) is 0. The second kappa shape index (κ2) is 8.57. The van der Waals surface area contributed by atoms with Gasteiger partial charge in [-0.1, -0.05) is 43.9 Å². The van der Waals surface area contributed by atoms with E-state index in [-0.39, 0.29) is 6.42 Å². The zero-order chi connectivity index (χ0) is 14.1. The van der Waals surface area contributed by atoms with Crippen LogP contribution in [-0.2, 0) is 4.79 Å². The third-order valence-corrected chi connectivity index (χ3v) is 3.28. The van der Waals surface area contributed by atoms with Crippen molar-refractivity contribution < 1.29 is 9.90 Å². The summed E-state index contributed by atoms with van der Waals surface area (Å²) in [5, 5.41) is 8.84. The third kappa shape index (κ3) is 6.27. The van der Waals surface area contributed by atoms with Crippen LogP contribution in [0.2, 0.25) is 0 Å². The molecule has 0 aliphatic rings. The number of carbonyl (C=O) groups is 1. The largest absolute Gasteiger partial charge is 0.481 e. The zero-order valence-electron chi connectivity index (χ0n) is 12.1. The molecule has 0 aliphatic carbocycles. The fourth-order valence-electron chi connectivity index (χ4n) is 2.09. The Bertz CT molecular complexity index is 373. The normalized spacial score (nSPS) is 10.4. The van der Waals surface area contributed by atoms with E-state index in [2.05, 4.69) is 43.0 Å². The van der Waals surface area contributed by atoms with E-state index in [9.17, 15) is 4.79 Å². The maximum Gasteiger partial charge on any atom is 0.305 e. The molecule has 0 bridgehead atoms. The van der Waals surface area contributed by atoms with E-state index in [1.54, 1.807) is 0 Å². The second-order valence-electron chi connectivity index (χ2n) is 5.03. The first-order chi connectivity index (χ1) is 9.13. The minimum absolute atomic E-state index is 0.196. The van der Waals surface area contributed by atoms with Crippen LogP contribution >= 0.6 is 0 Å². The molecule has 0 aliphatic heterocycles. The molecule has 1 aromatic carbocycles. The number of hydrogen-bond acceptors (Lipinski definition) is 2. The molecule has 1 aromatic rings. The van der Waals surface area contributed by atoms with Gasteiger partial charge in [0.1, 0.15) is 0 Å². The van der Waals surface area contributed by atoms with Crippen LogP contribution < -0.4 is 4.90 Å². The summed E-state index contributed by atoms with van der Waals surface area (Å²) in [5.41, 5.74) is 2.36. The number of aryl methyl sites for hydroxylation is 1. The lowest BCUT2D eigenvalue weighted by Gasteiger charge is -2.24. The fourth-order valence-corrected chi connectivity index (χ4v) is 2.09. The van der Waals surface area contributed by atoms with Crippen LogP contribution in [0.15, 0.2) is 24.3 Å². The molecule has 0 amide bonds. The van der Waals surface area contributed by atoms with Crippen molar-refractivity contribution in [3.05, 3.63) is 29.8 Å². The van der Waals surface area contributed by atoms with E-state index in [0.29, 0.717) is 6.54 Å². The molecule has 1 rings (SSSR count). The van der Waals surface area contributed by atoms with Crippen molar-refractivity contribution in [1.29, 1.82) is 0 Å². The van der Waals surface area contributed by atoms with Crippen LogP contribution in [0.1, 0.15) is 44.6 Å². The Morgan fingerprint density at radius 1 is 1.11 bits per heavy atom. The number of benzene rings is 1. The Kier molecular flexibility index (Phi) is 7.01. The van der Waals surface area contributed by atoms with Gasteiger partial charge in [0.2, 0.25) is 0 Å². The molecule has 3 heteroatoms. The van der Waals surface area contributed by atoms with Crippen LogP contribution in [0.25, 0.3) is 0 Å². The summed E-state index contributed by atoms with van der Waals surface area (Å²) >= 11 is 0. The predicted octanol–water partition coefficient (Wildman–Crippen LogP) is 3.86. The minimum Gasteiger partial charge on any atom is -0.481 e. The van der Waals surface area contributed by atoms with Crippen molar-refractivity contribution in [2.24, 2.45) is 0 Å². The molecule has 3 nitrogen and oxygen atoms in total. The molecule has 0 saturated heterocycles. The van der Waals surface area contributed by atoms with Crippen molar-refractivity contribution in [1.82, 2.24) is 0 Å². The Morgan fingerprint density at radius 3 is 2.37 bits per heavy atom. The predicted molar refractivity (Wildman–Crippen MR) is 79.8 cm³/mol. The monoisotopic (exact) mass is 263 g/mol. The highest BCUT2D eigenvalue weighted by Crippen LogP contribution is 2.16. The summed E-state index contributed by atoms with van der Waals surface area (Å²) in [4.78, 5) is 12.9. The number of unbranched alkanes of at least 4 members (excludes halogenated alkanes) is 3. The maximum absolute atomic E-state index is 10.7. The average molecular weight is 263 g/mol. The van der Waals surface area contributed by atoms with Crippen molar-refractivity contribution in [2.75, 3.05) is 18.0 Å². The first-order valence-electron chi connectivity index (χ1n) is 7.17. The molecule has 0 heterocycles. The van der Waals surface area contributed by atoms with Gasteiger partial charge in [0.25, 0.3) is 0 Å². The van der Waals surface area contributed by atoms with Gasteiger partial charge in [-0.05, 0) is 25.5 Å². The van der Waals surface area contributed by atoms with Crippen LogP contribution in [0, 0.1) is 6.92 Å². The molecule has 0 fully saturated rings. The Hall–Kier alpha value is -1.51. The first kappa shape index (κ1) is 15.5. The standard InChI is InChI=1S/C16H25NO2/c1-3-4-5-6-12-17(13-11-16(18)19)15-9-7-14(2)8-10-15/h7-10H,3-6,11-13H2,1-2H3,(H,18,19). The lowest BCUT2D eigenvalue weighted by molar-refractivity contribution is -0.136. The number of carboxylic acids is 1. The quantitative estimate of drug-likeness (QED) is 0.688. The fraction of sp³-hybridized carbons (Fsp3) is 0.562. The Balaban J connectivity index is 2.57. The molecular weight excluding hydrogens is 238 g/mol. The number of anilines is 1. The molecule has 0 atom stereocenters. The molecule has 0 aromatic heterocycles. The van der Waals surface area contributed by atoms with Crippen molar-refractivity contribution in [3.63, 3.8) is 0 Å². The van der Waals surface area contributed by atoms with Gasteiger partial charge in [-0.2, -0.15) is 0 Å². The highest BCUT2D eigenvalue weighted by atomic mass is 16.4. The number of aliphatic carboxylic acids is 1. The number of nitrogens with zero attached hydrogens (tertiary/aromatic N) is 1. The van der Waals surface area contributed by atoms with Gasteiger partial charge in [0.05, 0.1) is 6.42 Å². The van der Waals surface area contributed by atoms with Gasteiger partial charge >= 0.3 is 5.97 Å². The van der Waals surface area contributed by atoms with Gasteiger partial charge in [-0.25, -0.2) is 0 Å². The molecule has 0 unspecified atom stereocenters. The second-order valence-corrected chi connectivity index (χ2v) is 5.03. The summed E-state index contributed by atoms with van der Waals surface area (Å²) in [6.07, 6.45) is 5.01. The van der Waals surface area contributed by atoms with Crippen LogP contribution in [0.4, 0.5) is 5.69 Å². The van der Waals surface area contributed by atoms with Gasteiger partial charge in [0, 0.05) is 18.8 Å². The van der Waals surface area contributed by atoms with E-state index in [4.69, 9.17) is 5.11 Å². The van der Waals surface area contributed by atoms with E-state index < -0.39 is 5.97 Å². The van der Waals surface area contributed by atoms with Gasteiger partial charge in [0.15, 0.2) is 0 Å². The molecule has 106 valence electrons. The zero-order valence-corrected chi connectivity index (χ0v) is 12.1. The Morgan fingerprint density at radius 2 is 1.79 bits per heavy atom. The summed E-state index contributed by atoms with van der Waals surface area (Å²) in [6.45, 7) is 5.79. The molecule has 0 saturated carbocycles. The topological polar surface area (TPSA) is 40.5 Å². The Labute approximate surface area is 116 Å². The van der Waals surface area contributed by atoms with E-state index >= 15 is 0 Å². The van der Waals surface area contributed by atoms with Gasteiger partial charge in [-0.15, -0.1) is 0 Å². The molecule has 0 spiro atoms. The van der Waals surface area contributed by atoms with Crippen LogP contribution in [0.3, 0.4) is 0 Å². The van der Waals surface area contributed by atoms with Crippen molar-refractivity contribution in [3.8, 4) is 0 Å². The summed E-state index contributed by atoms with van der Waals surface area (Å²) in [6, 6.07) is 8.32. The highest BCUT2D eigenvalue weighted by molar-refractivity contribution is 5.67. The van der Waals surface area contributed by atoms with Gasteiger partial charge < -0.3 is 10.0 Å². The average Bonchev–Trinajstić information content (AvgIpc) is 2.39. The van der Waals surface area contributed by atoms with Gasteiger partial charge in [-0.3, -0.25) is 4.79 Å². The SMILES string of the molecule is CCCCCCN(CCC(=O)O)c1ccc(C)cc1. The lowest BCUT2D eigenvalue weighted by atomic mass is 10.1. The minimum atomic E-state index is -0.731. The van der Waals surface area contributed by atoms with Crippen LogP contribution in [-0.4, -0.2) is 24.2 Å². The van der Waals surface area contributed by atoms with E-state index in [1.807, 2.05) is 0 Å². The van der Waals surface area contributed by atoms with Crippen LogP contribution in [0.5, 0.6) is 0 Å². The first-order valence-corrected chi connectivity index (χ1v) is 7.17. The summed E-state index contributed by atoms with van der Waals surface area (Å²) < 4.78 is 0. The number of hydrogen-bond donors (Lipinski definition) is 1. The number of carboxylic acid groups (broad SMARTS) is 1. The lowest BCUT2D eigenvalue weighted by Crippen LogP contribution is -2.27. The van der Waals surface area contributed by atoms with Crippen molar-refractivity contribution in [2.45, 2.75) is 46.0 Å². The number of rotatable bonds is 9.